The Balaban J connectivity index is 1.54. The van der Waals surface area contributed by atoms with E-state index in [4.69, 9.17) is 5.26 Å². The van der Waals surface area contributed by atoms with E-state index in [0.717, 1.165) is 44.3 Å². The number of aryl methyl sites for hydroxylation is 1. The van der Waals surface area contributed by atoms with Crippen molar-refractivity contribution in [1.82, 2.24) is 9.80 Å². The molecule has 0 aromatic heterocycles. The SMILES string of the molecule is CC(=O)N1CCC(CCc2cc3c(c(-c4ccc(C#N)cc4)c2)CN(C#N)C3)CC1. The fraction of sp³-hybridized carbons (Fsp3) is 0.400. The Morgan fingerprint density at radius 2 is 1.83 bits per heavy atom. The molecule has 2 aliphatic heterocycles. The maximum Gasteiger partial charge on any atom is 0.219 e. The number of carbonyl (C=O) groups excluding carboxylic acids is 1. The highest BCUT2D eigenvalue weighted by Crippen LogP contribution is 2.35. The first kappa shape index (κ1) is 20.0. The molecule has 0 unspecified atom stereocenters. The van der Waals surface area contributed by atoms with Gasteiger partial charge in [-0.1, -0.05) is 24.3 Å². The molecule has 0 aliphatic carbocycles. The molecule has 0 spiro atoms. The number of rotatable bonds is 4. The number of piperidine rings is 1. The molecule has 4 rings (SSSR count). The van der Waals surface area contributed by atoms with E-state index in [0.29, 0.717) is 24.6 Å². The molecule has 2 aliphatic rings. The molecule has 152 valence electrons. The van der Waals surface area contributed by atoms with Crippen molar-refractivity contribution in [2.24, 2.45) is 5.92 Å². The van der Waals surface area contributed by atoms with Crippen LogP contribution in [0.5, 0.6) is 0 Å². The van der Waals surface area contributed by atoms with Crippen molar-refractivity contribution in [2.75, 3.05) is 13.1 Å². The van der Waals surface area contributed by atoms with Crippen LogP contribution in [0, 0.1) is 28.7 Å². The van der Waals surface area contributed by atoms with E-state index in [1.165, 1.54) is 22.3 Å². The number of fused-ring (bicyclic) bond motifs is 1. The Morgan fingerprint density at radius 3 is 2.47 bits per heavy atom. The van der Waals surface area contributed by atoms with E-state index in [-0.39, 0.29) is 5.91 Å². The molecule has 5 heteroatoms. The van der Waals surface area contributed by atoms with Crippen LogP contribution >= 0.6 is 0 Å². The lowest BCUT2D eigenvalue weighted by Crippen LogP contribution is -2.37. The molecule has 30 heavy (non-hydrogen) atoms. The van der Waals surface area contributed by atoms with Crippen LogP contribution in [-0.2, 0) is 24.3 Å². The van der Waals surface area contributed by atoms with Crippen molar-refractivity contribution in [3.05, 3.63) is 58.7 Å². The summed E-state index contributed by atoms with van der Waals surface area (Å²) in [5, 5.41) is 18.5. The highest BCUT2D eigenvalue weighted by molar-refractivity contribution is 5.73. The van der Waals surface area contributed by atoms with Gasteiger partial charge in [0.15, 0.2) is 6.19 Å². The van der Waals surface area contributed by atoms with Crippen molar-refractivity contribution in [1.29, 1.82) is 10.5 Å². The van der Waals surface area contributed by atoms with Crippen LogP contribution in [0.3, 0.4) is 0 Å². The van der Waals surface area contributed by atoms with Gasteiger partial charge < -0.3 is 9.80 Å². The summed E-state index contributed by atoms with van der Waals surface area (Å²) in [6.45, 7) is 4.71. The van der Waals surface area contributed by atoms with E-state index in [9.17, 15) is 10.1 Å². The van der Waals surface area contributed by atoms with Crippen molar-refractivity contribution in [3.63, 3.8) is 0 Å². The number of hydrogen-bond donors (Lipinski definition) is 0. The van der Waals surface area contributed by atoms with Gasteiger partial charge in [0.1, 0.15) is 0 Å². The molecule has 0 N–H and O–H groups in total. The summed E-state index contributed by atoms with van der Waals surface area (Å²) in [5.41, 5.74) is 6.70. The molecular weight excluding hydrogens is 372 g/mol. The first-order valence-electron chi connectivity index (χ1n) is 10.6. The van der Waals surface area contributed by atoms with Gasteiger partial charge in [-0.2, -0.15) is 10.5 Å². The summed E-state index contributed by atoms with van der Waals surface area (Å²) in [5.74, 6) is 0.837. The summed E-state index contributed by atoms with van der Waals surface area (Å²) in [6.07, 6.45) is 6.57. The van der Waals surface area contributed by atoms with Gasteiger partial charge in [0, 0.05) is 20.0 Å². The number of nitriles is 2. The second kappa shape index (κ2) is 8.59. The Morgan fingerprint density at radius 1 is 1.10 bits per heavy atom. The largest absolute Gasteiger partial charge is 0.343 e. The zero-order valence-electron chi connectivity index (χ0n) is 17.4. The maximum atomic E-state index is 11.5. The molecule has 0 bridgehead atoms. The first-order chi connectivity index (χ1) is 14.6. The van der Waals surface area contributed by atoms with E-state index in [1.807, 2.05) is 29.2 Å². The van der Waals surface area contributed by atoms with Gasteiger partial charge in [-0.15, -0.1) is 0 Å². The molecule has 0 saturated carbocycles. The zero-order chi connectivity index (χ0) is 21.1. The van der Waals surface area contributed by atoms with Crippen LogP contribution in [0.2, 0.25) is 0 Å². The maximum absolute atomic E-state index is 11.5. The van der Waals surface area contributed by atoms with Crippen molar-refractivity contribution in [3.8, 4) is 23.4 Å². The minimum atomic E-state index is 0.182. The summed E-state index contributed by atoms with van der Waals surface area (Å²) in [7, 11) is 0. The molecule has 2 aromatic rings. The van der Waals surface area contributed by atoms with Gasteiger partial charge in [0.25, 0.3) is 0 Å². The Hall–Kier alpha value is -3.31. The minimum absolute atomic E-state index is 0.182. The van der Waals surface area contributed by atoms with Crippen LogP contribution in [0.15, 0.2) is 36.4 Å². The fourth-order valence-electron chi connectivity index (χ4n) is 4.68. The summed E-state index contributed by atoms with van der Waals surface area (Å²) < 4.78 is 0. The molecule has 1 saturated heterocycles. The number of amides is 1. The minimum Gasteiger partial charge on any atom is -0.343 e. The quantitative estimate of drug-likeness (QED) is 0.723. The lowest BCUT2D eigenvalue weighted by molar-refractivity contribution is -0.130. The van der Waals surface area contributed by atoms with Crippen LogP contribution < -0.4 is 0 Å². The molecule has 5 nitrogen and oxygen atoms in total. The summed E-state index contributed by atoms with van der Waals surface area (Å²) >= 11 is 0. The Bertz CT molecular complexity index is 1020. The normalized spacial score (nSPS) is 16.1. The summed E-state index contributed by atoms with van der Waals surface area (Å²) in [4.78, 5) is 15.3. The highest BCUT2D eigenvalue weighted by atomic mass is 16.2. The fourth-order valence-corrected chi connectivity index (χ4v) is 4.68. The van der Waals surface area contributed by atoms with Crippen molar-refractivity contribution < 1.29 is 4.79 Å². The monoisotopic (exact) mass is 398 g/mol. The zero-order valence-corrected chi connectivity index (χ0v) is 17.4. The highest BCUT2D eigenvalue weighted by Gasteiger charge is 2.24. The molecule has 2 heterocycles. The van der Waals surface area contributed by atoms with E-state index in [2.05, 4.69) is 24.4 Å². The van der Waals surface area contributed by atoms with E-state index >= 15 is 0 Å². The predicted octanol–water partition coefficient (Wildman–Crippen LogP) is 4.21. The van der Waals surface area contributed by atoms with Crippen molar-refractivity contribution >= 4 is 5.91 Å². The molecule has 1 amide bonds. The predicted molar refractivity (Wildman–Crippen MR) is 115 cm³/mol. The van der Waals surface area contributed by atoms with Gasteiger partial charge in [0.05, 0.1) is 24.7 Å². The molecule has 0 radical (unpaired) electrons. The van der Waals surface area contributed by atoms with Gasteiger partial charge >= 0.3 is 0 Å². The van der Waals surface area contributed by atoms with Crippen LogP contribution in [0.1, 0.15) is 48.4 Å². The smallest absolute Gasteiger partial charge is 0.219 e. The molecular formula is C25H26N4O. The number of benzene rings is 2. The Labute approximate surface area is 178 Å². The van der Waals surface area contributed by atoms with Crippen LogP contribution in [0.25, 0.3) is 11.1 Å². The van der Waals surface area contributed by atoms with E-state index in [1.54, 1.807) is 11.8 Å². The van der Waals surface area contributed by atoms with Gasteiger partial charge in [0.2, 0.25) is 5.91 Å². The van der Waals surface area contributed by atoms with Gasteiger partial charge in [-0.05, 0) is 71.6 Å². The molecule has 1 fully saturated rings. The average molecular weight is 399 g/mol. The third-order valence-electron chi connectivity index (χ3n) is 6.48. The second-order valence-electron chi connectivity index (χ2n) is 8.41. The number of nitrogens with zero attached hydrogens (tertiary/aromatic N) is 4. The van der Waals surface area contributed by atoms with Crippen LogP contribution in [0.4, 0.5) is 0 Å². The first-order valence-corrected chi connectivity index (χ1v) is 10.6. The second-order valence-corrected chi connectivity index (χ2v) is 8.41. The van der Waals surface area contributed by atoms with Crippen LogP contribution in [-0.4, -0.2) is 28.8 Å². The number of hydrogen-bond acceptors (Lipinski definition) is 4. The Kier molecular flexibility index (Phi) is 5.72. The average Bonchev–Trinajstić information content (AvgIpc) is 3.21. The topological polar surface area (TPSA) is 71.1 Å². The van der Waals surface area contributed by atoms with Crippen molar-refractivity contribution in [2.45, 2.75) is 45.7 Å². The third kappa shape index (κ3) is 4.16. The summed E-state index contributed by atoms with van der Waals surface area (Å²) in [6, 6.07) is 14.4. The lowest BCUT2D eigenvalue weighted by atomic mass is 9.88. The molecule has 0 atom stereocenters. The van der Waals surface area contributed by atoms with Gasteiger partial charge in [-0.25, -0.2) is 0 Å². The number of carbonyl (C=O) groups is 1. The molecule has 2 aromatic carbocycles. The third-order valence-corrected chi connectivity index (χ3v) is 6.48. The lowest BCUT2D eigenvalue weighted by Gasteiger charge is -2.31. The van der Waals surface area contributed by atoms with Gasteiger partial charge in [-0.3, -0.25) is 4.79 Å². The standard InChI is InChI=1S/C25H26N4O/c1-18(30)29-10-8-19(9-11-29)2-3-21-12-23-15-28(17-27)16-25(23)24(13-21)22-6-4-20(14-26)5-7-22/h4-7,12-13,19H,2-3,8-11,15-16H2,1H3. The van der Waals surface area contributed by atoms with E-state index < -0.39 is 0 Å². The number of likely N-dealkylation sites (tertiary alicyclic amines) is 1.